The van der Waals surface area contributed by atoms with Crippen molar-refractivity contribution in [1.29, 1.82) is 0 Å². The van der Waals surface area contributed by atoms with E-state index in [2.05, 4.69) is 10.6 Å². The molecule has 2 fully saturated rings. The Bertz CT molecular complexity index is 866. The van der Waals surface area contributed by atoms with Gasteiger partial charge in [0.05, 0.1) is 23.1 Å². The molecule has 0 aromatic carbocycles. The number of esters is 1. The Hall–Kier alpha value is -1.84. The molecule has 196 valence electrons. The van der Waals surface area contributed by atoms with Crippen LogP contribution in [0, 0.1) is 5.41 Å². The van der Waals surface area contributed by atoms with Crippen LogP contribution in [0.25, 0.3) is 0 Å². The van der Waals surface area contributed by atoms with Crippen LogP contribution in [0.1, 0.15) is 86.5 Å². The zero-order valence-corrected chi connectivity index (χ0v) is 22.6. The molecule has 9 nitrogen and oxygen atoms in total. The minimum atomic E-state index is -3.48. The second kappa shape index (κ2) is 10.4. The van der Waals surface area contributed by atoms with Gasteiger partial charge in [-0.2, -0.15) is 0 Å². The van der Waals surface area contributed by atoms with Crippen LogP contribution in [0.15, 0.2) is 0 Å². The van der Waals surface area contributed by atoms with E-state index in [9.17, 15) is 22.8 Å². The molecule has 0 bridgehead atoms. The Kier molecular flexibility index (Phi) is 8.70. The number of ether oxygens (including phenoxy) is 1. The van der Waals surface area contributed by atoms with Gasteiger partial charge in [-0.15, -0.1) is 0 Å². The largest absolute Gasteiger partial charge is 0.467 e. The van der Waals surface area contributed by atoms with Gasteiger partial charge < -0.3 is 20.3 Å². The van der Waals surface area contributed by atoms with Crippen molar-refractivity contribution < 1.29 is 27.5 Å². The van der Waals surface area contributed by atoms with Gasteiger partial charge in [-0.3, -0.25) is 4.79 Å². The van der Waals surface area contributed by atoms with Crippen molar-refractivity contribution in [2.75, 3.05) is 19.4 Å². The monoisotopic (exact) mass is 501 g/mol. The molecular formula is C24H43N3O6S. The van der Waals surface area contributed by atoms with E-state index in [1.54, 1.807) is 20.8 Å². The number of nitrogens with zero attached hydrogens (tertiary/aromatic N) is 1. The minimum Gasteiger partial charge on any atom is -0.467 e. The molecule has 3 amide bonds. The molecule has 2 rings (SSSR count). The molecule has 1 aliphatic carbocycles. The molecule has 34 heavy (non-hydrogen) atoms. The first-order valence-electron chi connectivity index (χ1n) is 12.2. The summed E-state index contributed by atoms with van der Waals surface area (Å²) >= 11 is 0. The van der Waals surface area contributed by atoms with Gasteiger partial charge >= 0.3 is 12.0 Å². The first-order valence-corrected chi connectivity index (χ1v) is 13.9. The van der Waals surface area contributed by atoms with Gasteiger partial charge in [0.1, 0.15) is 12.1 Å². The lowest BCUT2D eigenvalue weighted by Gasteiger charge is -2.41. The van der Waals surface area contributed by atoms with E-state index in [0.717, 1.165) is 19.3 Å². The molecule has 2 aliphatic rings. The SMILES string of the molecule is COC(=O)[C@@H]1CCCN1C(=O)[C@@H](NC(=O)NC1(CS(=O)(=O)C(C)(C)C)CCCCC1)C(C)(C)C. The van der Waals surface area contributed by atoms with Crippen LogP contribution in [0.4, 0.5) is 4.79 Å². The van der Waals surface area contributed by atoms with Gasteiger partial charge in [0.25, 0.3) is 0 Å². The lowest BCUT2D eigenvalue weighted by molar-refractivity contribution is -0.152. The average Bonchev–Trinajstić information content (AvgIpc) is 3.19. The second-order valence-corrected chi connectivity index (χ2v) is 14.6. The van der Waals surface area contributed by atoms with Gasteiger partial charge in [0, 0.05) is 6.54 Å². The van der Waals surface area contributed by atoms with E-state index in [1.807, 2.05) is 20.8 Å². The van der Waals surface area contributed by atoms with Gasteiger partial charge in [-0.05, 0) is 51.9 Å². The minimum absolute atomic E-state index is 0.137. The molecule has 1 saturated carbocycles. The van der Waals surface area contributed by atoms with Crippen LogP contribution < -0.4 is 10.6 Å². The third-order valence-electron chi connectivity index (χ3n) is 6.99. The third kappa shape index (κ3) is 6.64. The maximum Gasteiger partial charge on any atom is 0.328 e. The molecule has 1 saturated heterocycles. The molecule has 0 aromatic heterocycles. The Morgan fingerprint density at radius 3 is 2.12 bits per heavy atom. The molecule has 2 atom stereocenters. The maximum atomic E-state index is 13.5. The number of hydrogen-bond acceptors (Lipinski definition) is 6. The number of likely N-dealkylation sites (tertiary alicyclic amines) is 1. The van der Waals surface area contributed by atoms with Crippen LogP contribution in [0.5, 0.6) is 0 Å². The summed E-state index contributed by atoms with van der Waals surface area (Å²) in [4.78, 5) is 40.3. The average molecular weight is 502 g/mol. The topological polar surface area (TPSA) is 122 Å². The number of rotatable bonds is 6. The number of methoxy groups -OCH3 is 1. The Morgan fingerprint density at radius 2 is 1.62 bits per heavy atom. The van der Waals surface area contributed by atoms with Crippen LogP contribution >= 0.6 is 0 Å². The van der Waals surface area contributed by atoms with E-state index in [1.165, 1.54) is 12.0 Å². The smallest absolute Gasteiger partial charge is 0.328 e. The highest BCUT2D eigenvalue weighted by molar-refractivity contribution is 7.92. The summed E-state index contributed by atoms with van der Waals surface area (Å²) in [6, 6.07) is -2.11. The number of carbonyl (C=O) groups is 3. The van der Waals surface area contributed by atoms with Crippen LogP contribution in [0.2, 0.25) is 0 Å². The number of sulfone groups is 1. The van der Waals surface area contributed by atoms with Gasteiger partial charge in [0.15, 0.2) is 9.84 Å². The number of nitrogens with one attached hydrogen (secondary N) is 2. The zero-order valence-electron chi connectivity index (χ0n) is 21.8. The van der Waals surface area contributed by atoms with E-state index in [-0.39, 0.29) is 11.7 Å². The highest BCUT2D eigenvalue weighted by Crippen LogP contribution is 2.33. The Labute approximate surface area is 204 Å². The molecule has 1 aliphatic heterocycles. The summed E-state index contributed by atoms with van der Waals surface area (Å²) in [5.41, 5.74) is -1.50. The number of carbonyl (C=O) groups excluding carboxylic acids is 3. The molecule has 0 radical (unpaired) electrons. The van der Waals surface area contributed by atoms with Gasteiger partial charge in [-0.1, -0.05) is 40.0 Å². The summed E-state index contributed by atoms with van der Waals surface area (Å²) in [6.07, 6.45) is 5.00. The molecule has 2 N–H and O–H groups in total. The van der Waals surface area contributed by atoms with Crippen molar-refractivity contribution in [2.45, 2.75) is 109 Å². The molecule has 0 spiro atoms. The second-order valence-electron chi connectivity index (χ2n) is 11.8. The standard InChI is InChI=1S/C24H43N3O6S/c1-22(2,3)18(19(28)27-15-11-12-17(27)20(29)33-7)25-21(30)26-24(13-9-8-10-14-24)16-34(31,32)23(4,5)6/h17-18H,8-16H2,1-7H3,(H2,25,26,30)/t17-,18+/m0/s1. The Morgan fingerprint density at radius 1 is 1.03 bits per heavy atom. The van der Waals surface area contributed by atoms with Crippen molar-refractivity contribution in [1.82, 2.24) is 15.5 Å². The summed E-state index contributed by atoms with van der Waals surface area (Å²) in [6.45, 7) is 11.0. The first-order chi connectivity index (χ1) is 15.5. The molecule has 0 aromatic rings. The van der Waals surface area contributed by atoms with E-state index < -0.39 is 49.6 Å². The molecular weight excluding hydrogens is 458 g/mol. The summed E-state index contributed by atoms with van der Waals surface area (Å²) in [7, 11) is -2.18. The fourth-order valence-corrected chi connectivity index (χ4v) is 6.27. The number of amides is 3. The molecule has 1 heterocycles. The van der Waals surface area contributed by atoms with Crippen molar-refractivity contribution >= 4 is 27.7 Å². The van der Waals surface area contributed by atoms with Crippen molar-refractivity contribution in [3.8, 4) is 0 Å². The van der Waals surface area contributed by atoms with Crippen LogP contribution in [0.3, 0.4) is 0 Å². The maximum absolute atomic E-state index is 13.5. The van der Waals surface area contributed by atoms with Crippen LogP contribution in [-0.2, 0) is 24.2 Å². The normalized spacial score (nSPS) is 22.1. The number of hydrogen-bond donors (Lipinski definition) is 2. The summed E-state index contributed by atoms with van der Waals surface area (Å²) < 4.78 is 30.0. The molecule has 10 heteroatoms. The Balaban J connectivity index is 2.24. The van der Waals surface area contributed by atoms with Crippen molar-refractivity contribution in [2.24, 2.45) is 5.41 Å². The van der Waals surface area contributed by atoms with Crippen LogP contribution in [-0.4, -0.2) is 73.0 Å². The quantitative estimate of drug-likeness (QED) is 0.540. The van der Waals surface area contributed by atoms with Crippen molar-refractivity contribution in [3.63, 3.8) is 0 Å². The third-order valence-corrected chi connectivity index (χ3v) is 9.78. The fourth-order valence-electron chi connectivity index (χ4n) is 4.75. The fraction of sp³-hybridized carbons (Fsp3) is 0.875. The zero-order chi connectivity index (χ0) is 25.9. The predicted molar refractivity (Wildman–Crippen MR) is 131 cm³/mol. The highest BCUT2D eigenvalue weighted by Gasteiger charge is 2.45. The van der Waals surface area contributed by atoms with Gasteiger partial charge in [-0.25, -0.2) is 18.0 Å². The van der Waals surface area contributed by atoms with E-state index in [4.69, 9.17) is 4.74 Å². The predicted octanol–water partition coefficient (Wildman–Crippen LogP) is 2.78. The number of urea groups is 1. The lowest BCUT2D eigenvalue weighted by atomic mass is 9.83. The van der Waals surface area contributed by atoms with E-state index in [0.29, 0.717) is 32.2 Å². The first kappa shape index (κ1) is 28.4. The summed E-state index contributed by atoms with van der Waals surface area (Å²) in [5.74, 6) is -0.936. The molecule has 0 unspecified atom stereocenters. The van der Waals surface area contributed by atoms with Crippen molar-refractivity contribution in [3.05, 3.63) is 0 Å². The highest BCUT2D eigenvalue weighted by atomic mass is 32.2. The summed E-state index contributed by atoms with van der Waals surface area (Å²) in [5, 5.41) is 5.78. The lowest BCUT2D eigenvalue weighted by Crippen LogP contribution is -2.63. The van der Waals surface area contributed by atoms with Gasteiger partial charge in [0.2, 0.25) is 5.91 Å². The van der Waals surface area contributed by atoms with E-state index >= 15 is 0 Å².